The Morgan fingerprint density at radius 2 is 1.75 bits per heavy atom. The highest BCUT2D eigenvalue weighted by molar-refractivity contribution is 5.85. The van der Waals surface area contributed by atoms with Crippen LogP contribution >= 0.6 is 0 Å². The monoisotopic (exact) mass is 378 g/mol. The van der Waals surface area contributed by atoms with Crippen LogP contribution in [0, 0.1) is 11.8 Å². The van der Waals surface area contributed by atoms with Crippen molar-refractivity contribution in [1.29, 1.82) is 0 Å². The highest BCUT2D eigenvalue weighted by Crippen LogP contribution is 2.38. The first kappa shape index (κ1) is 18.5. The number of carbonyl (C=O) groups excluding carboxylic acids is 2. The van der Waals surface area contributed by atoms with E-state index in [0.717, 1.165) is 29.7 Å². The second-order valence-corrected chi connectivity index (χ2v) is 7.71. The van der Waals surface area contributed by atoms with E-state index in [4.69, 9.17) is 4.74 Å². The molecule has 5 nitrogen and oxygen atoms in total. The van der Waals surface area contributed by atoms with Crippen molar-refractivity contribution in [3.63, 3.8) is 0 Å². The van der Waals surface area contributed by atoms with E-state index in [2.05, 4.69) is 5.32 Å². The van der Waals surface area contributed by atoms with Gasteiger partial charge in [0.05, 0.1) is 13.0 Å². The van der Waals surface area contributed by atoms with Gasteiger partial charge >= 0.3 is 0 Å². The second kappa shape index (κ2) is 8.05. The predicted molar refractivity (Wildman–Crippen MR) is 107 cm³/mol. The first-order valence-electron chi connectivity index (χ1n) is 9.90. The zero-order valence-electron chi connectivity index (χ0n) is 16.1. The van der Waals surface area contributed by atoms with Gasteiger partial charge in [-0.15, -0.1) is 0 Å². The normalized spacial score (nSPS) is 21.4. The summed E-state index contributed by atoms with van der Waals surface area (Å²) in [5.41, 5.74) is 2.15. The Hall–Kier alpha value is -2.82. The zero-order valence-corrected chi connectivity index (χ0v) is 16.1. The van der Waals surface area contributed by atoms with E-state index in [1.807, 2.05) is 59.5 Å². The number of benzene rings is 2. The number of ether oxygens (including phenoxy) is 1. The molecule has 2 aliphatic rings. The minimum Gasteiger partial charge on any atom is -0.497 e. The molecule has 1 N–H and O–H groups in total. The van der Waals surface area contributed by atoms with Crippen molar-refractivity contribution in [3.8, 4) is 5.75 Å². The number of hydrogen-bond acceptors (Lipinski definition) is 3. The molecule has 2 aromatic rings. The molecular formula is C23H26N2O3. The second-order valence-electron chi connectivity index (χ2n) is 7.71. The van der Waals surface area contributed by atoms with Gasteiger partial charge in [0.15, 0.2) is 0 Å². The quantitative estimate of drug-likeness (QED) is 0.841. The molecule has 1 aliphatic heterocycles. The van der Waals surface area contributed by atoms with Gasteiger partial charge in [-0.2, -0.15) is 0 Å². The van der Waals surface area contributed by atoms with Crippen LogP contribution in [0.5, 0.6) is 5.75 Å². The van der Waals surface area contributed by atoms with Gasteiger partial charge in [0.1, 0.15) is 5.75 Å². The number of nitrogens with zero attached hydrogens (tertiary/aromatic N) is 1. The largest absolute Gasteiger partial charge is 0.497 e. The molecule has 146 valence electrons. The first-order chi connectivity index (χ1) is 13.7. The Morgan fingerprint density at radius 1 is 1.04 bits per heavy atom. The van der Waals surface area contributed by atoms with Crippen molar-refractivity contribution >= 4 is 11.8 Å². The molecule has 0 bridgehead atoms. The Labute approximate surface area is 165 Å². The Balaban J connectivity index is 1.50. The Kier molecular flexibility index (Phi) is 5.33. The summed E-state index contributed by atoms with van der Waals surface area (Å²) in [6, 6.07) is 17.7. The number of nitrogens with one attached hydrogen (secondary N) is 1. The Morgan fingerprint density at radius 3 is 2.39 bits per heavy atom. The first-order valence-corrected chi connectivity index (χ1v) is 9.90. The van der Waals surface area contributed by atoms with Crippen molar-refractivity contribution in [2.45, 2.75) is 25.3 Å². The predicted octanol–water partition coefficient (Wildman–Crippen LogP) is 2.96. The molecule has 28 heavy (non-hydrogen) atoms. The lowest BCUT2D eigenvalue weighted by atomic mass is 9.88. The summed E-state index contributed by atoms with van der Waals surface area (Å²) in [6.07, 6.45) is 1.96. The van der Waals surface area contributed by atoms with Crippen LogP contribution in [0.3, 0.4) is 0 Å². The summed E-state index contributed by atoms with van der Waals surface area (Å²) in [4.78, 5) is 27.5. The van der Waals surface area contributed by atoms with Gasteiger partial charge in [0, 0.05) is 31.5 Å². The highest BCUT2D eigenvalue weighted by Gasteiger charge is 2.43. The summed E-state index contributed by atoms with van der Waals surface area (Å²) in [7, 11) is 1.64. The molecule has 2 unspecified atom stereocenters. The van der Waals surface area contributed by atoms with Crippen LogP contribution < -0.4 is 10.1 Å². The molecule has 1 saturated heterocycles. The number of rotatable bonds is 6. The van der Waals surface area contributed by atoms with Gasteiger partial charge in [-0.3, -0.25) is 9.59 Å². The maximum atomic E-state index is 13.0. The fourth-order valence-electron chi connectivity index (χ4n) is 3.94. The minimum absolute atomic E-state index is 0.00406. The van der Waals surface area contributed by atoms with Crippen LogP contribution in [0.15, 0.2) is 54.6 Å². The molecule has 0 aromatic heterocycles. The maximum absolute atomic E-state index is 13.0. The van der Waals surface area contributed by atoms with E-state index in [1.54, 1.807) is 7.11 Å². The molecule has 0 spiro atoms. The summed E-state index contributed by atoms with van der Waals surface area (Å²) in [5.74, 6) is 0.942. The van der Waals surface area contributed by atoms with Crippen LogP contribution in [-0.2, 0) is 16.1 Å². The van der Waals surface area contributed by atoms with E-state index in [-0.39, 0.29) is 29.6 Å². The highest BCUT2D eigenvalue weighted by atomic mass is 16.5. The van der Waals surface area contributed by atoms with Crippen molar-refractivity contribution < 1.29 is 14.3 Å². The van der Waals surface area contributed by atoms with Crippen molar-refractivity contribution in [1.82, 2.24) is 10.2 Å². The molecule has 4 rings (SSSR count). The van der Waals surface area contributed by atoms with E-state index in [0.29, 0.717) is 19.6 Å². The number of hydrogen-bond donors (Lipinski definition) is 1. The fourth-order valence-corrected chi connectivity index (χ4v) is 3.94. The third-order valence-corrected chi connectivity index (χ3v) is 5.75. The third kappa shape index (κ3) is 4.03. The van der Waals surface area contributed by atoms with Crippen molar-refractivity contribution in [2.24, 2.45) is 11.8 Å². The van der Waals surface area contributed by atoms with E-state index in [9.17, 15) is 9.59 Å². The van der Waals surface area contributed by atoms with E-state index < -0.39 is 0 Å². The molecule has 1 aliphatic carbocycles. The molecule has 2 amide bonds. The smallest absolute Gasteiger partial charge is 0.225 e. The summed E-state index contributed by atoms with van der Waals surface area (Å²) in [5, 5.41) is 3.07. The van der Waals surface area contributed by atoms with Gasteiger partial charge in [0.25, 0.3) is 0 Å². The van der Waals surface area contributed by atoms with Gasteiger partial charge in [-0.1, -0.05) is 42.5 Å². The number of methoxy groups -OCH3 is 1. The SMILES string of the molecule is COc1ccc(C2CN(C(=O)C3CC3)CC2C(=O)NCc2ccccc2)cc1. The Bertz CT molecular complexity index is 831. The summed E-state index contributed by atoms with van der Waals surface area (Å²) in [6.45, 7) is 1.60. The lowest BCUT2D eigenvalue weighted by Crippen LogP contribution is -2.35. The lowest BCUT2D eigenvalue weighted by molar-refractivity contribution is -0.132. The van der Waals surface area contributed by atoms with Gasteiger partial charge < -0.3 is 15.0 Å². The zero-order chi connectivity index (χ0) is 19.5. The average molecular weight is 378 g/mol. The minimum atomic E-state index is -0.236. The molecule has 0 radical (unpaired) electrons. The number of likely N-dealkylation sites (tertiary alicyclic amines) is 1. The van der Waals surface area contributed by atoms with Crippen LogP contribution in [0.4, 0.5) is 0 Å². The van der Waals surface area contributed by atoms with Crippen LogP contribution in [0.25, 0.3) is 0 Å². The lowest BCUT2D eigenvalue weighted by Gasteiger charge is -2.18. The molecule has 1 heterocycles. The average Bonchev–Trinajstić information content (AvgIpc) is 3.50. The van der Waals surface area contributed by atoms with Crippen LogP contribution in [-0.4, -0.2) is 36.9 Å². The number of amides is 2. The van der Waals surface area contributed by atoms with Gasteiger partial charge in [-0.05, 0) is 36.1 Å². The van der Waals surface area contributed by atoms with Crippen LogP contribution in [0.2, 0.25) is 0 Å². The maximum Gasteiger partial charge on any atom is 0.225 e. The molecule has 1 saturated carbocycles. The standard InChI is InChI=1S/C23H26N2O3/c1-28-19-11-9-17(10-12-19)20-14-25(23(27)18-7-8-18)15-21(20)22(26)24-13-16-5-3-2-4-6-16/h2-6,9-12,18,20-21H,7-8,13-15H2,1H3,(H,24,26). The van der Waals surface area contributed by atoms with Crippen molar-refractivity contribution in [3.05, 3.63) is 65.7 Å². The molecule has 2 atom stereocenters. The topological polar surface area (TPSA) is 58.6 Å². The number of carbonyl (C=O) groups is 2. The van der Waals surface area contributed by atoms with Crippen LogP contribution in [0.1, 0.15) is 29.9 Å². The van der Waals surface area contributed by atoms with Crippen molar-refractivity contribution in [2.75, 3.05) is 20.2 Å². The third-order valence-electron chi connectivity index (χ3n) is 5.75. The molecule has 2 aromatic carbocycles. The molecule has 5 heteroatoms. The summed E-state index contributed by atoms with van der Waals surface area (Å²) >= 11 is 0. The summed E-state index contributed by atoms with van der Waals surface area (Å²) < 4.78 is 5.25. The van der Waals surface area contributed by atoms with E-state index >= 15 is 0 Å². The molecule has 2 fully saturated rings. The van der Waals surface area contributed by atoms with E-state index in [1.165, 1.54) is 0 Å². The van der Waals surface area contributed by atoms with Gasteiger partial charge in [0.2, 0.25) is 11.8 Å². The fraction of sp³-hybridized carbons (Fsp3) is 0.391. The molecular weight excluding hydrogens is 352 g/mol. The van der Waals surface area contributed by atoms with Gasteiger partial charge in [-0.25, -0.2) is 0 Å².